The van der Waals surface area contributed by atoms with Crippen LogP contribution in [0.4, 0.5) is 5.82 Å². The number of nitrogens with zero attached hydrogens (tertiary/aromatic N) is 2. The number of carbonyl (C=O) groups excluding carboxylic acids is 1. The lowest BCUT2D eigenvalue weighted by atomic mass is 10.1. The number of aliphatic hydroxyl groups excluding tert-OH is 3. The van der Waals surface area contributed by atoms with E-state index in [0.29, 0.717) is 0 Å². The summed E-state index contributed by atoms with van der Waals surface area (Å²) in [6, 6.07) is 0. The van der Waals surface area contributed by atoms with E-state index >= 15 is 0 Å². The fourth-order valence-electron chi connectivity index (χ4n) is 2.14. The minimum absolute atomic E-state index is 0.127. The highest BCUT2D eigenvalue weighted by molar-refractivity contribution is 5.87. The smallest absolute Gasteiger partial charge is 0.351 e. The van der Waals surface area contributed by atoms with Crippen LogP contribution in [-0.4, -0.2) is 62.9 Å². The Morgan fingerprint density at radius 1 is 1.52 bits per heavy atom. The number of aromatic nitrogens is 2. The summed E-state index contributed by atoms with van der Waals surface area (Å²) in [7, 11) is 1.20. The van der Waals surface area contributed by atoms with E-state index in [1.54, 1.807) is 0 Å². The van der Waals surface area contributed by atoms with Crippen LogP contribution in [0, 0.1) is 0 Å². The number of aliphatic hydroxyl groups is 3. The molecule has 1 saturated heterocycles. The fraction of sp³-hybridized carbons (Fsp3) is 0.462. The predicted octanol–water partition coefficient (Wildman–Crippen LogP) is -2.38. The highest BCUT2D eigenvalue weighted by Crippen LogP contribution is 2.28. The fourth-order valence-corrected chi connectivity index (χ4v) is 2.14. The Hall–Kier alpha value is -2.27. The first kappa shape index (κ1) is 17.1. The number of hydrogen-bond donors (Lipinski definition) is 4. The average Bonchev–Trinajstić information content (AvgIpc) is 2.81. The van der Waals surface area contributed by atoms with E-state index in [0.717, 1.165) is 10.6 Å². The van der Waals surface area contributed by atoms with Gasteiger partial charge in [-0.05, 0) is 6.08 Å². The monoisotopic (exact) mass is 327 g/mol. The van der Waals surface area contributed by atoms with Crippen LogP contribution in [0.25, 0.3) is 6.08 Å². The van der Waals surface area contributed by atoms with Crippen molar-refractivity contribution >= 4 is 17.9 Å². The maximum absolute atomic E-state index is 11.9. The summed E-state index contributed by atoms with van der Waals surface area (Å²) in [5.41, 5.74) is 5.01. The molecule has 4 atom stereocenters. The molecule has 1 fully saturated rings. The molecule has 1 aromatic heterocycles. The molecule has 23 heavy (non-hydrogen) atoms. The van der Waals surface area contributed by atoms with Crippen molar-refractivity contribution < 1.29 is 29.6 Å². The number of rotatable bonds is 4. The van der Waals surface area contributed by atoms with Crippen LogP contribution in [-0.2, 0) is 14.3 Å². The van der Waals surface area contributed by atoms with Gasteiger partial charge in [0.15, 0.2) is 6.23 Å². The van der Waals surface area contributed by atoms with Gasteiger partial charge in [-0.15, -0.1) is 0 Å². The van der Waals surface area contributed by atoms with Gasteiger partial charge in [0.2, 0.25) is 0 Å². The first-order valence-corrected chi connectivity index (χ1v) is 6.66. The van der Waals surface area contributed by atoms with Crippen molar-refractivity contribution in [3.8, 4) is 0 Å². The molecule has 10 nitrogen and oxygen atoms in total. The van der Waals surface area contributed by atoms with Gasteiger partial charge in [0.05, 0.1) is 13.7 Å². The minimum atomic E-state index is -1.44. The average molecular weight is 327 g/mol. The van der Waals surface area contributed by atoms with Crippen LogP contribution < -0.4 is 11.4 Å². The van der Waals surface area contributed by atoms with Crippen LogP contribution in [0.3, 0.4) is 0 Å². The number of nitrogen functional groups attached to an aromatic ring is 1. The molecule has 2 unspecified atom stereocenters. The molecular formula is C13H17N3O7. The molecule has 0 spiro atoms. The molecule has 0 radical (unpaired) electrons. The number of carbonyl (C=O) groups is 1. The third-order valence-corrected chi connectivity index (χ3v) is 3.40. The second kappa shape index (κ2) is 6.87. The van der Waals surface area contributed by atoms with Crippen molar-refractivity contribution in [1.82, 2.24) is 9.55 Å². The van der Waals surface area contributed by atoms with Crippen molar-refractivity contribution in [2.24, 2.45) is 0 Å². The molecule has 1 aliphatic heterocycles. The number of nitrogens with two attached hydrogens (primary N) is 1. The van der Waals surface area contributed by atoms with Crippen LogP contribution in [0.5, 0.6) is 0 Å². The molecule has 0 bridgehead atoms. The van der Waals surface area contributed by atoms with Crippen molar-refractivity contribution in [1.29, 1.82) is 0 Å². The van der Waals surface area contributed by atoms with E-state index in [-0.39, 0.29) is 11.4 Å². The zero-order chi connectivity index (χ0) is 17.1. The lowest BCUT2D eigenvalue weighted by Gasteiger charge is -2.18. The van der Waals surface area contributed by atoms with Crippen LogP contribution >= 0.6 is 0 Å². The zero-order valence-corrected chi connectivity index (χ0v) is 12.2. The maximum atomic E-state index is 11.9. The highest BCUT2D eigenvalue weighted by atomic mass is 16.6. The molecule has 10 heteroatoms. The van der Waals surface area contributed by atoms with E-state index in [9.17, 15) is 19.8 Å². The molecular weight excluding hydrogens is 310 g/mol. The summed E-state index contributed by atoms with van der Waals surface area (Å²) >= 11 is 0. The lowest BCUT2D eigenvalue weighted by Crippen LogP contribution is -2.36. The molecule has 2 heterocycles. The summed E-state index contributed by atoms with van der Waals surface area (Å²) in [6.45, 7) is -0.527. The first-order valence-electron chi connectivity index (χ1n) is 6.66. The second-order valence-corrected chi connectivity index (χ2v) is 4.86. The van der Waals surface area contributed by atoms with Crippen molar-refractivity contribution in [3.05, 3.63) is 28.3 Å². The van der Waals surface area contributed by atoms with Gasteiger partial charge in [0, 0.05) is 17.8 Å². The molecule has 126 valence electrons. The summed E-state index contributed by atoms with van der Waals surface area (Å²) in [6.07, 6.45) is -1.48. The number of ether oxygens (including phenoxy) is 2. The Labute approximate surface area is 130 Å². The minimum Gasteiger partial charge on any atom is -0.466 e. The van der Waals surface area contributed by atoms with Gasteiger partial charge in [0.1, 0.15) is 24.1 Å². The van der Waals surface area contributed by atoms with E-state index in [1.165, 1.54) is 19.4 Å². The Balaban J connectivity index is 2.38. The SMILES string of the molecule is COC(=O)/C=C/c1cn([C@@H]2O[C@H](CO)C(O)C2O)c(=O)nc1N. The molecule has 0 aromatic carbocycles. The molecule has 0 amide bonds. The van der Waals surface area contributed by atoms with Gasteiger partial charge in [0.25, 0.3) is 0 Å². The first-order chi connectivity index (χ1) is 10.9. The molecule has 5 N–H and O–H groups in total. The molecule has 0 saturated carbocycles. The third-order valence-electron chi connectivity index (χ3n) is 3.40. The Bertz CT molecular complexity index is 672. The number of methoxy groups -OCH3 is 1. The Morgan fingerprint density at radius 2 is 2.22 bits per heavy atom. The summed E-state index contributed by atoms with van der Waals surface area (Å²) in [5.74, 6) is -0.756. The molecule has 0 aliphatic carbocycles. The van der Waals surface area contributed by atoms with Gasteiger partial charge in [-0.2, -0.15) is 4.98 Å². The summed E-state index contributed by atoms with van der Waals surface area (Å²) < 4.78 is 10.6. The topological polar surface area (TPSA) is 157 Å². The van der Waals surface area contributed by atoms with Crippen molar-refractivity contribution in [2.45, 2.75) is 24.5 Å². The quantitative estimate of drug-likeness (QED) is 0.350. The van der Waals surface area contributed by atoms with E-state index in [1.807, 2.05) is 0 Å². The summed E-state index contributed by atoms with van der Waals surface area (Å²) in [4.78, 5) is 26.6. The zero-order valence-electron chi connectivity index (χ0n) is 12.2. The van der Waals surface area contributed by atoms with Crippen LogP contribution in [0.1, 0.15) is 11.8 Å². The van der Waals surface area contributed by atoms with Crippen molar-refractivity contribution in [3.63, 3.8) is 0 Å². The van der Waals surface area contributed by atoms with E-state index in [2.05, 4.69) is 9.72 Å². The largest absolute Gasteiger partial charge is 0.466 e. The highest BCUT2D eigenvalue weighted by Gasteiger charge is 2.43. The summed E-state index contributed by atoms with van der Waals surface area (Å²) in [5, 5.41) is 28.8. The lowest BCUT2D eigenvalue weighted by molar-refractivity contribution is -0.134. The van der Waals surface area contributed by atoms with Gasteiger partial charge < -0.3 is 30.5 Å². The molecule has 1 aromatic rings. The van der Waals surface area contributed by atoms with Gasteiger partial charge in [-0.3, -0.25) is 4.57 Å². The number of hydrogen-bond acceptors (Lipinski definition) is 9. The second-order valence-electron chi connectivity index (χ2n) is 4.86. The molecule has 1 aliphatic rings. The third kappa shape index (κ3) is 3.40. The standard InChI is InChI=1S/C13H17N3O7/c1-22-8(18)3-2-6-4-16(13(21)15-11(6)14)12-10(20)9(19)7(5-17)23-12/h2-4,7,9-10,12,17,19-20H,5H2,1H3,(H2,14,15,21)/b3-2+/t7-,9?,10?,12-/m1/s1. The normalized spacial score (nSPS) is 27.5. The van der Waals surface area contributed by atoms with Crippen LogP contribution in [0.2, 0.25) is 0 Å². The van der Waals surface area contributed by atoms with Gasteiger partial charge in [-0.25, -0.2) is 9.59 Å². The Kier molecular flexibility index (Phi) is 5.11. The number of esters is 1. The van der Waals surface area contributed by atoms with Crippen LogP contribution in [0.15, 0.2) is 17.1 Å². The molecule has 2 rings (SSSR count). The predicted molar refractivity (Wildman–Crippen MR) is 77.0 cm³/mol. The van der Waals surface area contributed by atoms with E-state index < -0.39 is 42.8 Å². The van der Waals surface area contributed by atoms with Gasteiger partial charge >= 0.3 is 11.7 Å². The van der Waals surface area contributed by atoms with E-state index in [4.69, 9.17) is 15.6 Å². The van der Waals surface area contributed by atoms with Gasteiger partial charge in [-0.1, -0.05) is 0 Å². The number of anilines is 1. The maximum Gasteiger partial charge on any atom is 0.351 e. The Morgan fingerprint density at radius 3 is 2.78 bits per heavy atom. The van der Waals surface area contributed by atoms with Crippen molar-refractivity contribution in [2.75, 3.05) is 19.5 Å².